The van der Waals surface area contributed by atoms with E-state index in [2.05, 4.69) is 26.0 Å². The van der Waals surface area contributed by atoms with Gasteiger partial charge in [0.1, 0.15) is 0 Å². The summed E-state index contributed by atoms with van der Waals surface area (Å²) in [5.41, 5.74) is 0. The first-order valence-electron chi connectivity index (χ1n) is 7.69. The molecule has 3 heterocycles. The van der Waals surface area contributed by atoms with E-state index in [9.17, 15) is 4.79 Å². The van der Waals surface area contributed by atoms with Gasteiger partial charge in [-0.3, -0.25) is 9.36 Å². The molecule has 0 saturated carbocycles. The van der Waals surface area contributed by atoms with Crippen LogP contribution < -0.4 is 5.32 Å². The van der Waals surface area contributed by atoms with Crippen LogP contribution in [0.3, 0.4) is 0 Å². The molecule has 1 saturated heterocycles. The average molecular weight is 362 g/mol. The molecule has 1 aliphatic heterocycles. The van der Waals surface area contributed by atoms with E-state index in [1.165, 1.54) is 11.8 Å². The molecule has 0 aliphatic carbocycles. The number of carbonyl (C=O) groups is 1. The van der Waals surface area contributed by atoms with Crippen LogP contribution in [0.25, 0.3) is 10.7 Å². The number of carbonyl (C=O) groups excluding carboxylic acids is 1. The molecule has 1 amide bonds. The Labute approximate surface area is 149 Å². The normalized spacial score (nSPS) is 16.9. The molecule has 0 spiro atoms. The Morgan fingerprint density at radius 2 is 2.50 bits per heavy atom. The van der Waals surface area contributed by atoms with Gasteiger partial charge in [0.2, 0.25) is 5.91 Å². The number of hydrogen-bond donors (Lipinski definition) is 1. The third-order valence-electron chi connectivity index (χ3n) is 3.59. The molecule has 1 unspecified atom stereocenters. The minimum absolute atomic E-state index is 0.109. The largest absolute Gasteiger partial charge is 0.376 e. The van der Waals surface area contributed by atoms with E-state index in [1.54, 1.807) is 11.3 Å². The van der Waals surface area contributed by atoms with E-state index in [-0.39, 0.29) is 24.3 Å². The number of thiophene rings is 1. The van der Waals surface area contributed by atoms with Crippen LogP contribution >= 0.6 is 23.1 Å². The number of ether oxygens (including phenoxy) is 1. The number of hydrogen-bond acceptors (Lipinski definition) is 6. The van der Waals surface area contributed by atoms with Gasteiger partial charge in [-0.2, -0.15) is 0 Å². The fraction of sp³-hybridized carbons (Fsp3) is 0.438. The molecule has 8 heteroatoms. The summed E-state index contributed by atoms with van der Waals surface area (Å²) in [6.45, 7) is 1.75. The van der Waals surface area contributed by atoms with Gasteiger partial charge >= 0.3 is 0 Å². The lowest BCUT2D eigenvalue weighted by atomic mass is 10.2. The van der Waals surface area contributed by atoms with Crippen LogP contribution in [0.15, 0.2) is 22.7 Å². The highest BCUT2D eigenvalue weighted by Crippen LogP contribution is 2.28. The van der Waals surface area contributed by atoms with Crippen molar-refractivity contribution >= 4 is 29.0 Å². The van der Waals surface area contributed by atoms with Gasteiger partial charge in [-0.15, -0.1) is 28.0 Å². The van der Waals surface area contributed by atoms with Crippen LogP contribution in [0.5, 0.6) is 0 Å². The monoisotopic (exact) mass is 362 g/mol. The number of rotatable bonds is 7. The fourth-order valence-electron chi connectivity index (χ4n) is 2.47. The highest BCUT2D eigenvalue weighted by atomic mass is 32.2. The van der Waals surface area contributed by atoms with E-state index < -0.39 is 0 Å². The molecule has 24 heavy (non-hydrogen) atoms. The summed E-state index contributed by atoms with van der Waals surface area (Å²) in [7, 11) is 0. The Bertz CT molecular complexity index is 715. The molecule has 1 atom stereocenters. The number of amides is 1. The van der Waals surface area contributed by atoms with E-state index in [4.69, 9.17) is 11.2 Å². The molecule has 0 aromatic carbocycles. The maximum atomic E-state index is 11.8. The molecule has 1 aliphatic rings. The van der Waals surface area contributed by atoms with E-state index >= 15 is 0 Å². The van der Waals surface area contributed by atoms with Gasteiger partial charge in [0.15, 0.2) is 11.0 Å². The van der Waals surface area contributed by atoms with Crippen LogP contribution in [0.2, 0.25) is 0 Å². The molecule has 2 aromatic heterocycles. The van der Waals surface area contributed by atoms with Crippen molar-refractivity contribution in [1.29, 1.82) is 0 Å². The standard InChI is InChI=1S/C16H18N4O2S2/c1-2-7-17-14(21)11-24-16-19-18-15(13-6-4-9-23-13)20(16)10-12-5-3-8-22-12/h1,4,6,9,12H,3,5,7-8,10-11H2,(H,17,21). The second kappa shape index (κ2) is 8.33. The van der Waals surface area contributed by atoms with Crippen molar-refractivity contribution in [3.8, 4) is 23.0 Å². The third kappa shape index (κ3) is 4.17. The van der Waals surface area contributed by atoms with Crippen LogP contribution in [0.4, 0.5) is 0 Å². The van der Waals surface area contributed by atoms with Crippen molar-refractivity contribution in [2.45, 2.75) is 30.6 Å². The highest BCUT2D eigenvalue weighted by molar-refractivity contribution is 7.99. The van der Waals surface area contributed by atoms with Crippen molar-refractivity contribution in [2.75, 3.05) is 18.9 Å². The summed E-state index contributed by atoms with van der Waals surface area (Å²) < 4.78 is 7.81. The van der Waals surface area contributed by atoms with Crippen LogP contribution in [0.1, 0.15) is 12.8 Å². The summed E-state index contributed by atoms with van der Waals surface area (Å²) in [5, 5.41) is 14.0. The zero-order valence-corrected chi connectivity index (χ0v) is 14.7. The predicted octanol–water partition coefficient (Wildman–Crippen LogP) is 2.03. The average Bonchev–Trinajstić information content (AvgIpc) is 3.33. The lowest BCUT2D eigenvalue weighted by Crippen LogP contribution is -2.25. The first kappa shape index (κ1) is 17.0. The molecular weight excluding hydrogens is 344 g/mol. The van der Waals surface area contributed by atoms with E-state index in [0.29, 0.717) is 6.54 Å². The van der Waals surface area contributed by atoms with Crippen molar-refractivity contribution in [1.82, 2.24) is 20.1 Å². The second-order valence-corrected chi connectivity index (χ2v) is 7.19. The van der Waals surface area contributed by atoms with Crippen LogP contribution in [-0.2, 0) is 16.1 Å². The summed E-state index contributed by atoms with van der Waals surface area (Å²) in [6.07, 6.45) is 7.44. The number of nitrogens with one attached hydrogen (secondary N) is 1. The van der Waals surface area contributed by atoms with Crippen molar-refractivity contribution < 1.29 is 9.53 Å². The summed E-state index contributed by atoms with van der Waals surface area (Å²) >= 11 is 2.99. The molecule has 126 valence electrons. The fourth-order valence-corrected chi connectivity index (χ4v) is 3.97. The SMILES string of the molecule is C#CCNC(=O)CSc1nnc(-c2cccs2)n1CC1CCCO1. The minimum Gasteiger partial charge on any atom is -0.376 e. The van der Waals surface area contributed by atoms with Gasteiger partial charge < -0.3 is 10.1 Å². The molecule has 3 rings (SSSR count). The third-order valence-corrected chi connectivity index (χ3v) is 5.42. The quantitative estimate of drug-likeness (QED) is 0.603. The minimum atomic E-state index is -0.109. The number of thioether (sulfide) groups is 1. The first-order valence-corrected chi connectivity index (χ1v) is 9.56. The maximum absolute atomic E-state index is 11.8. The lowest BCUT2D eigenvalue weighted by Gasteiger charge is -2.14. The van der Waals surface area contributed by atoms with Crippen LogP contribution in [0, 0.1) is 12.3 Å². The Morgan fingerprint density at radius 1 is 1.58 bits per heavy atom. The molecular formula is C16H18N4O2S2. The summed E-state index contributed by atoms with van der Waals surface area (Å²) in [4.78, 5) is 12.8. The number of aromatic nitrogens is 3. The van der Waals surface area contributed by atoms with Gasteiger partial charge in [-0.25, -0.2) is 0 Å². The molecule has 0 bridgehead atoms. The summed E-state index contributed by atoms with van der Waals surface area (Å²) in [6, 6.07) is 4.01. The number of terminal acetylenes is 1. The smallest absolute Gasteiger partial charge is 0.231 e. The van der Waals surface area contributed by atoms with E-state index in [1.807, 2.05) is 17.5 Å². The molecule has 1 N–H and O–H groups in total. The Morgan fingerprint density at radius 3 is 3.21 bits per heavy atom. The van der Waals surface area contributed by atoms with Gasteiger partial charge in [0.05, 0.1) is 29.8 Å². The van der Waals surface area contributed by atoms with Gasteiger partial charge in [0.25, 0.3) is 0 Å². The molecule has 6 nitrogen and oxygen atoms in total. The predicted molar refractivity (Wildman–Crippen MR) is 94.9 cm³/mol. The molecule has 2 aromatic rings. The topological polar surface area (TPSA) is 69.0 Å². The Hall–Kier alpha value is -1.82. The Balaban J connectivity index is 1.75. The lowest BCUT2D eigenvalue weighted by molar-refractivity contribution is -0.118. The second-order valence-electron chi connectivity index (χ2n) is 5.30. The zero-order valence-electron chi connectivity index (χ0n) is 13.1. The maximum Gasteiger partial charge on any atom is 0.231 e. The zero-order chi connectivity index (χ0) is 16.8. The summed E-state index contributed by atoms with van der Waals surface area (Å²) in [5.74, 6) is 3.37. The molecule has 1 fully saturated rings. The Kier molecular flexibility index (Phi) is 5.91. The van der Waals surface area contributed by atoms with Gasteiger partial charge in [0, 0.05) is 6.61 Å². The van der Waals surface area contributed by atoms with Gasteiger partial charge in [-0.05, 0) is 24.3 Å². The van der Waals surface area contributed by atoms with Crippen molar-refractivity contribution in [2.24, 2.45) is 0 Å². The number of nitrogens with zero attached hydrogens (tertiary/aromatic N) is 3. The molecule has 0 radical (unpaired) electrons. The van der Waals surface area contributed by atoms with Crippen LogP contribution in [-0.4, -0.2) is 45.7 Å². The van der Waals surface area contributed by atoms with Gasteiger partial charge in [-0.1, -0.05) is 23.7 Å². The van der Waals surface area contributed by atoms with Crippen molar-refractivity contribution in [3.63, 3.8) is 0 Å². The van der Waals surface area contributed by atoms with E-state index in [0.717, 1.165) is 35.3 Å². The highest BCUT2D eigenvalue weighted by Gasteiger charge is 2.22. The van der Waals surface area contributed by atoms with Crippen molar-refractivity contribution in [3.05, 3.63) is 17.5 Å². The first-order chi connectivity index (χ1) is 11.8.